The molecule has 2 N–H and O–H groups in total. The van der Waals surface area contributed by atoms with Crippen LogP contribution in [0.1, 0.15) is 22.5 Å². The second kappa shape index (κ2) is 5.59. The molecule has 1 aliphatic heterocycles. The normalized spacial score (nSPS) is 17.0. The van der Waals surface area contributed by atoms with Crippen LogP contribution in [0.4, 0.5) is 0 Å². The molecule has 0 radical (unpaired) electrons. The van der Waals surface area contributed by atoms with Crippen molar-refractivity contribution < 1.29 is 14.7 Å². The van der Waals surface area contributed by atoms with Crippen LogP contribution in [0.15, 0.2) is 18.3 Å². The number of carbonyl (C=O) groups excluding carboxylic acids is 1. The van der Waals surface area contributed by atoms with Gasteiger partial charge in [0.15, 0.2) is 0 Å². The van der Waals surface area contributed by atoms with Crippen molar-refractivity contribution in [1.82, 2.24) is 15.2 Å². The first kappa shape index (κ1) is 12.5. The third-order valence-corrected chi connectivity index (χ3v) is 2.83. The molecule has 1 amide bonds. The van der Waals surface area contributed by atoms with Crippen LogP contribution in [0.25, 0.3) is 0 Å². The molecule has 0 aromatic carbocycles. The summed E-state index contributed by atoms with van der Waals surface area (Å²) in [5.41, 5.74) is 0.696. The van der Waals surface area contributed by atoms with Crippen molar-refractivity contribution in [3.05, 3.63) is 29.6 Å². The number of hydrogen-bond donors (Lipinski definition) is 2. The molecule has 18 heavy (non-hydrogen) atoms. The predicted molar refractivity (Wildman–Crippen MR) is 64.1 cm³/mol. The van der Waals surface area contributed by atoms with Gasteiger partial charge in [-0.25, -0.2) is 4.79 Å². The summed E-state index contributed by atoms with van der Waals surface area (Å²) in [6.45, 7) is 2.10. The largest absolute Gasteiger partial charge is 0.478 e. The van der Waals surface area contributed by atoms with E-state index in [9.17, 15) is 9.59 Å². The molecule has 96 valence electrons. The monoisotopic (exact) mass is 249 g/mol. The Kier molecular flexibility index (Phi) is 3.88. The van der Waals surface area contributed by atoms with E-state index >= 15 is 0 Å². The number of rotatable bonds is 3. The Morgan fingerprint density at radius 2 is 2.39 bits per heavy atom. The highest BCUT2D eigenvalue weighted by Gasteiger charge is 2.18. The number of nitrogens with zero attached hydrogens (tertiary/aromatic N) is 2. The van der Waals surface area contributed by atoms with E-state index in [2.05, 4.69) is 10.3 Å². The number of nitrogens with one attached hydrogen (secondary N) is 1. The molecule has 0 spiro atoms. The summed E-state index contributed by atoms with van der Waals surface area (Å²) in [6.07, 6.45) is 2.43. The lowest BCUT2D eigenvalue weighted by molar-refractivity contribution is -0.121. The molecular weight excluding hydrogens is 234 g/mol. The number of aromatic carboxylic acids is 1. The Labute approximate surface area is 105 Å². The van der Waals surface area contributed by atoms with Crippen LogP contribution in [-0.2, 0) is 11.3 Å². The number of carboxylic acid groups (broad SMARTS) is 1. The minimum absolute atomic E-state index is 0.0275. The first-order valence-corrected chi connectivity index (χ1v) is 5.83. The summed E-state index contributed by atoms with van der Waals surface area (Å²) in [5.74, 6) is -1.02. The molecule has 1 fully saturated rings. The Balaban J connectivity index is 2.13. The van der Waals surface area contributed by atoms with Gasteiger partial charge in [0.1, 0.15) is 0 Å². The van der Waals surface area contributed by atoms with Gasteiger partial charge in [-0.3, -0.25) is 14.7 Å². The summed E-state index contributed by atoms with van der Waals surface area (Å²) < 4.78 is 0. The van der Waals surface area contributed by atoms with Gasteiger partial charge < -0.3 is 10.4 Å². The van der Waals surface area contributed by atoms with E-state index in [1.165, 1.54) is 6.07 Å². The van der Waals surface area contributed by atoms with Gasteiger partial charge in [0, 0.05) is 25.8 Å². The number of amides is 1. The molecule has 6 heteroatoms. The van der Waals surface area contributed by atoms with Crippen LogP contribution < -0.4 is 5.32 Å². The van der Waals surface area contributed by atoms with Crippen LogP contribution in [0.3, 0.4) is 0 Å². The first-order valence-electron chi connectivity index (χ1n) is 5.83. The molecule has 2 rings (SSSR count). The van der Waals surface area contributed by atoms with Gasteiger partial charge in [0.2, 0.25) is 5.91 Å². The number of carbonyl (C=O) groups is 2. The highest BCUT2D eigenvalue weighted by molar-refractivity contribution is 5.88. The van der Waals surface area contributed by atoms with Crippen molar-refractivity contribution in [2.24, 2.45) is 0 Å². The zero-order valence-electron chi connectivity index (χ0n) is 9.93. The molecule has 0 unspecified atom stereocenters. The molecule has 0 saturated carbocycles. The van der Waals surface area contributed by atoms with E-state index in [0.29, 0.717) is 18.8 Å². The van der Waals surface area contributed by atoms with E-state index in [4.69, 9.17) is 5.11 Å². The zero-order chi connectivity index (χ0) is 13.0. The Bertz CT molecular complexity index is 462. The van der Waals surface area contributed by atoms with E-state index in [0.717, 1.165) is 13.0 Å². The fourth-order valence-corrected chi connectivity index (χ4v) is 1.97. The van der Waals surface area contributed by atoms with Gasteiger partial charge in [-0.1, -0.05) is 0 Å². The van der Waals surface area contributed by atoms with Crippen molar-refractivity contribution in [1.29, 1.82) is 0 Å². The summed E-state index contributed by atoms with van der Waals surface area (Å²) in [4.78, 5) is 28.5. The summed E-state index contributed by atoms with van der Waals surface area (Å²) in [5, 5.41) is 11.8. The topological polar surface area (TPSA) is 82.5 Å². The van der Waals surface area contributed by atoms with E-state index < -0.39 is 5.97 Å². The van der Waals surface area contributed by atoms with E-state index in [1.54, 1.807) is 12.3 Å². The third kappa shape index (κ3) is 3.04. The van der Waals surface area contributed by atoms with Crippen LogP contribution >= 0.6 is 0 Å². The van der Waals surface area contributed by atoms with Gasteiger partial charge in [0.25, 0.3) is 0 Å². The number of carboxylic acids is 1. The molecule has 0 atom stereocenters. The SMILES string of the molecule is O=C1CN(Cc2ncccc2C(=O)O)CCCN1. The lowest BCUT2D eigenvalue weighted by Gasteiger charge is -2.18. The third-order valence-electron chi connectivity index (χ3n) is 2.83. The molecule has 6 nitrogen and oxygen atoms in total. The molecule has 1 aliphatic rings. The van der Waals surface area contributed by atoms with Crippen molar-refractivity contribution in [2.75, 3.05) is 19.6 Å². The smallest absolute Gasteiger partial charge is 0.337 e. The maximum Gasteiger partial charge on any atom is 0.337 e. The van der Waals surface area contributed by atoms with Gasteiger partial charge in [-0.15, -0.1) is 0 Å². The second-order valence-electron chi connectivity index (χ2n) is 4.22. The lowest BCUT2D eigenvalue weighted by atomic mass is 10.2. The minimum Gasteiger partial charge on any atom is -0.478 e. The average Bonchev–Trinajstić information content (AvgIpc) is 2.54. The maximum atomic E-state index is 11.4. The fraction of sp³-hybridized carbons (Fsp3) is 0.417. The van der Waals surface area contributed by atoms with Crippen LogP contribution in [0, 0.1) is 0 Å². The van der Waals surface area contributed by atoms with Crippen molar-refractivity contribution >= 4 is 11.9 Å². The Morgan fingerprint density at radius 3 is 3.17 bits per heavy atom. The van der Waals surface area contributed by atoms with E-state index in [1.807, 2.05) is 4.90 Å². The maximum absolute atomic E-state index is 11.4. The molecule has 0 aliphatic carbocycles. The summed E-state index contributed by atoms with van der Waals surface area (Å²) in [6, 6.07) is 3.13. The molecule has 0 bridgehead atoms. The van der Waals surface area contributed by atoms with Crippen LogP contribution in [0.2, 0.25) is 0 Å². The standard InChI is InChI=1S/C12H15N3O3/c16-11-8-15(6-2-5-14-11)7-10-9(12(17)18)3-1-4-13-10/h1,3-4H,2,5-8H2,(H,14,16)(H,17,18). The number of hydrogen-bond acceptors (Lipinski definition) is 4. The molecule has 1 aromatic rings. The minimum atomic E-state index is -0.989. The highest BCUT2D eigenvalue weighted by atomic mass is 16.4. The van der Waals surface area contributed by atoms with Gasteiger partial charge in [-0.05, 0) is 18.6 Å². The molecular formula is C12H15N3O3. The van der Waals surface area contributed by atoms with E-state index in [-0.39, 0.29) is 18.0 Å². The van der Waals surface area contributed by atoms with Gasteiger partial charge >= 0.3 is 5.97 Å². The predicted octanol–water partition coefficient (Wildman–Crippen LogP) is 0.102. The summed E-state index contributed by atoms with van der Waals surface area (Å²) in [7, 11) is 0. The van der Waals surface area contributed by atoms with Gasteiger partial charge in [0.05, 0.1) is 17.8 Å². The van der Waals surface area contributed by atoms with Crippen LogP contribution in [0.5, 0.6) is 0 Å². The van der Waals surface area contributed by atoms with Crippen molar-refractivity contribution in [3.63, 3.8) is 0 Å². The first-order chi connectivity index (χ1) is 8.66. The quantitative estimate of drug-likeness (QED) is 0.794. The number of aromatic nitrogens is 1. The fourth-order valence-electron chi connectivity index (χ4n) is 1.97. The summed E-state index contributed by atoms with van der Waals surface area (Å²) >= 11 is 0. The average molecular weight is 249 g/mol. The zero-order valence-corrected chi connectivity index (χ0v) is 9.93. The molecule has 1 aromatic heterocycles. The second-order valence-corrected chi connectivity index (χ2v) is 4.22. The Hall–Kier alpha value is -1.95. The highest BCUT2D eigenvalue weighted by Crippen LogP contribution is 2.10. The van der Waals surface area contributed by atoms with Crippen molar-refractivity contribution in [3.8, 4) is 0 Å². The molecule has 1 saturated heterocycles. The van der Waals surface area contributed by atoms with Gasteiger partial charge in [-0.2, -0.15) is 0 Å². The van der Waals surface area contributed by atoms with Crippen LogP contribution in [-0.4, -0.2) is 46.5 Å². The van der Waals surface area contributed by atoms with Crippen molar-refractivity contribution in [2.45, 2.75) is 13.0 Å². The molecule has 2 heterocycles. The Morgan fingerprint density at radius 1 is 1.56 bits per heavy atom. The number of pyridine rings is 1. The lowest BCUT2D eigenvalue weighted by Crippen LogP contribution is -2.33.